The molecule has 0 radical (unpaired) electrons. The number of alkyl halides is 1. The lowest BCUT2D eigenvalue weighted by atomic mass is 10.3. The highest BCUT2D eigenvalue weighted by Gasteiger charge is 2.25. The second-order valence-electron chi connectivity index (χ2n) is 4.03. The van der Waals surface area contributed by atoms with E-state index in [-0.39, 0.29) is 5.21 Å². The van der Waals surface area contributed by atoms with E-state index in [1.54, 1.807) is 11.3 Å². The molecule has 96 valence electrons. The molecule has 0 amide bonds. The predicted molar refractivity (Wildman–Crippen MR) is 70.8 cm³/mol. The van der Waals surface area contributed by atoms with Crippen LogP contribution in [0, 0.1) is 0 Å². The van der Waals surface area contributed by atoms with Gasteiger partial charge in [-0.3, -0.25) is 4.90 Å². The molecule has 17 heavy (non-hydrogen) atoms. The molecule has 4 nitrogen and oxygen atoms in total. The van der Waals surface area contributed by atoms with E-state index >= 15 is 0 Å². The molecule has 2 rings (SSSR count). The van der Waals surface area contributed by atoms with Gasteiger partial charge in [-0.15, -0.1) is 11.6 Å². The van der Waals surface area contributed by atoms with Gasteiger partial charge >= 0.3 is 0 Å². The lowest BCUT2D eigenvalue weighted by molar-refractivity contribution is 0.182. The van der Waals surface area contributed by atoms with Gasteiger partial charge in [0.05, 0.1) is 0 Å². The third-order valence-electron chi connectivity index (χ3n) is 2.85. The molecule has 0 atom stereocenters. The molecule has 0 bridgehead atoms. The average molecular weight is 295 g/mol. The van der Waals surface area contributed by atoms with Crippen LogP contribution in [-0.4, -0.2) is 49.0 Å². The summed E-state index contributed by atoms with van der Waals surface area (Å²) in [5.41, 5.74) is 1.30. The molecule has 1 fully saturated rings. The fourth-order valence-electron chi connectivity index (χ4n) is 1.88. The highest BCUT2D eigenvalue weighted by Crippen LogP contribution is 2.13. The van der Waals surface area contributed by atoms with Gasteiger partial charge in [0.2, 0.25) is 10.0 Å². The zero-order chi connectivity index (χ0) is 12.3. The smallest absolute Gasteiger partial charge is 0.228 e. The van der Waals surface area contributed by atoms with Crippen molar-refractivity contribution in [3.8, 4) is 0 Å². The average Bonchev–Trinajstić information content (AvgIpc) is 2.83. The number of piperazine rings is 1. The Morgan fingerprint density at radius 3 is 2.53 bits per heavy atom. The van der Waals surface area contributed by atoms with E-state index in [9.17, 15) is 8.42 Å². The van der Waals surface area contributed by atoms with Crippen molar-refractivity contribution < 1.29 is 8.42 Å². The first-order valence-electron chi connectivity index (χ1n) is 5.39. The fourth-order valence-corrected chi connectivity index (χ4v) is 3.81. The van der Waals surface area contributed by atoms with Crippen molar-refractivity contribution in [3.05, 3.63) is 22.4 Å². The SMILES string of the molecule is O=S(=O)(CCl)N1CCN(Cc2ccsc2)CC1. The van der Waals surface area contributed by atoms with Crippen molar-refractivity contribution in [1.29, 1.82) is 0 Å². The Morgan fingerprint density at radius 1 is 1.29 bits per heavy atom. The molecule has 0 unspecified atom stereocenters. The minimum absolute atomic E-state index is 0.322. The van der Waals surface area contributed by atoms with Gasteiger partial charge in [-0.2, -0.15) is 15.6 Å². The molecule has 0 N–H and O–H groups in total. The summed E-state index contributed by atoms with van der Waals surface area (Å²) in [5, 5.41) is 3.86. The number of halogens is 1. The van der Waals surface area contributed by atoms with E-state index in [1.165, 1.54) is 9.87 Å². The van der Waals surface area contributed by atoms with Crippen molar-refractivity contribution in [3.63, 3.8) is 0 Å². The Hall–Kier alpha value is -0.140. The van der Waals surface area contributed by atoms with E-state index in [0.717, 1.165) is 19.6 Å². The maximum Gasteiger partial charge on any atom is 0.228 e. The quantitative estimate of drug-likeness (QED) is 0.788. The Morgan fingerprint density at radius 2 is 2.00 bits per heavy atom. The number of thiophene rings is 1. The number of hydrogen-bond donors (Lipinski definition) is 0. The van der Waals surface area contributed by atoms with Crippen LogP contribution in [0.3, 0.4) is 0 Å². The minimum atomic E-state index is -3.23. The molecule has 1 aromatic heterocycles. The zero-order valence-electron chi connectivity index (χ0n) is 9.38. The predicted octanol–water partition coefficient (Wildman–Crippen LogP) is 1.39. The largest absolute Gasteiger partial charge is 0.296 e. The molecule has 2 heterocycles. The maximum absolute atomic E-state index is 11.6. The van der Waals surface area contributed by atoms with Gasteiger partial charge in [0.25, 0.3) is 0 Å². The molecule has 0 spiro atoms. The van der Waals surface area contributed by atoms with Gasteiger partial charge < -0.3 is 0 Å². The third kappa shape index (κ3) is 3.42. The highest BCUT2D eigenvalue weighted by molar-refractivity contribution is 7.90. The van der Waals surface area contributed by atoms with E-state index in [4.69, 9.17) is 11.6 Å². The molecule has 0 aliphatic carbocycles. The first kappa shape index (κ1) is 13.3. The van der Waals surface area contributed by atoms with Crippen LogP contribution in [0.1, 0.15) is 5.56 Å². The number of nitrogens with zero attached hydrogens (tertiary/aromatic N) is 2. The topological polar surface area (TPSA) is 40.6 Å². The maximum atomic E-state index is 11.6. The minimum Gasteiger partial charge on any atom is -0.296 e. The zero-order valence-corrected chi connectivity index (χ0v) is 11.8. The van der Waals surface area contributed by atoms with E-state index < -0.39 is 10.0 Å². The summed E-state index contributed by atoms with van der Waals surface area (Å²) >= 11 is 7.12. The van der Waals surface area contributed by atoms with Crippen LogP contribution in [-0.2, 0) is 16.6 Å². The molecule has 0 saturated carbocycles. The summed E-state index contributed by atoms with van der Waals surface area (Å²) in [5.74, 6) is 0. The van der Waals surface area contributed by atoms with Gasteiger partial charge in [0.1, 0.15) is 5.21 Å². The van der Waals surface area contributed by atoms with Gasteiger partial charge in [0, 0.05) is 32.7 Å². The molecule has 1 aliphatic rings. The van der Waals surface area contributed by atoms with E-state index in [2.05, 4.69) is 21.7 Å². The molecular formula is C10H15ClN2O2S2. The molecule has 1 aliphatic heterocycles. The highest BCUT2D eigenvalue weighted by atomic mass is 35.5. The summed E-state index contributed by atoms with van der Waals surface area (Å²) < 4.78 is 24.6. The van der Waals surface area contributed by atoms with Crippen LogP contribution in [0.25, 0.3) is 0 Å². The molecule has 1 saturated heterocycles. The summed E-state index contributed by atoms with van der Waals surface area (Å²) in [4.78, 5) is 2.27. The van der Waals surface area contributed by atoms with Crippen molar-refractivity contribution in [2.45, 2.75) is 6.54 Å². The monoisotopic (exact) mass is 294 g/mol. The lowest BCUT2D eigenvalue weighted by Crippen LogP contribution is -2.48. The van der Waals surface area contributed by atoms with E-state index in [0.29, 0.717) is 13.1 Å². The van der Waals surface area contributed by atoms with Crippen molar-refractivity contribution in [2.24, 2.45) is 0 Å². The summed E-state index contributed by atoms with van der Waals surface area (Å²) in [6.45, 7) is 3.52. The number of sulfonamides is 1. The van der Waals surface area contributed by atoms with Crippen molar-refractivity contribution in [2.75, 3.05) is 31.4 Å². The summed E-state index contributed by atoms with van der Waals surface area (Å²) in [7, 11) is -3.23. The normalized spacial score (nSPS) is 19.6. The van der Waals surface area contributed by atoms with Crippen LogP contribution in [0.15, 0.2) is 16.8 Å². The molecular weight excluding hydrogens is 280 g/mol. The van der Waals surface area contributed by atoms with Gasteiger partial charge in [0.15, 0.2) is 0 Å². The second kappa shape index (κ2) is 5.67. The molecule has 0 aromatic carbocycles. The van der Waals surface area contributed by atoms with Crippen LogP contribution in [0.2, 0.25) is 0 Å². The molecule has 1 aromatic rings. The van der Waals surface area contributed by atoms with Crippen LogP contribution in [0.4, 0.5) is 0 Å². The number of hydrogen-bond acceptors (Lipinski definition) is 4. The summed E-state index contributed by atoms with van der Waals surface area (Å²) in [6, 6.07) is 2.10. The third-order valence-corrected chi connectivity index (χ3v) is 5.84. The lowest BCUT2D eigenvalue weighted by Gasteiger charge is -2.33. The van der Waals surface area contributed by atoms with Crippen molar-refractivity contribution >= 4 is 33.0 Å². The Bertz CT molecular complexity index is 439. The van der Waals surface area contributed by atoms with Crippen molar-refractivity contribution in [1.82, 2.24) is 9.21 Å². The second-order valence-corrected chi connectivity index (χ2v) is 7.36. The number of rotatable bonds is 4. The molecule has 7 heteroatoms. The van der Waals surface area contributed by atoms with E-state index in [1.807, 2.05) is 0 Å². The van der Waals surface area contributed by atoms with Crippen LogP contribution < -0.4 is 0 Å². The summed E-state index contributed by atoms with van der Waals surface area (Å²) in [6.07, 6.45) is 0. The Kier molecular flexibility index (Phi) is 4.43. The Labute approximate surface area is 111 Å². The van der Waals surface area contributed by atoms with Gasteiger partial charge in [-0.25, -0.2) is 8.42 Å². The van der Waals surface area contributed by atoms with Gasteiger partial charge in [-0.05, 0) is 22.4 Å². The first-order chi connectivity index (χ1) is 8.12. The standard InChI is InChI=1S/C10H15ClN2O2S2/c11-9-17(14,15)13-4-2-12(3-5-13)7-10-1-6-16-8-10/h1,6,8H,2-5,7,9H2. The van der Waals surface area contributed by atoms with Crippen LogP contribution >= 0.6 is 22.9 Å². The van der Waals surface area contributed by atoms with Crippen LogP contribution in [0.5, 0.6) is 0 Å². The fraction of sp³-hybridized carbons (Fsp3) is 0.600. The van der Waals surface area contributed by atoms with Gasteiger partial charge in [-0.1, -0.05) is 0 Å². The Balaban J connectivity index is 1.86. The first-order valence-corrected chi connectivity index (χ1v) is 8.48.